The van der Waals surface area contributed by atoms with Crippen LogP contribution in [-0.2, 0) is 4.79 Å². The van der Waals surface area contributed by atoms with E-state index in [4.69, 9.17) is 4.74 Å². The summed E-state index contributed by atoms with van der Waals surface area (Å²) in [4.78, 5) is 16.5. The van der Waals surface area contributed by atoms with Gasteiger partial charge in [0.1, 0.15) is 5.75 Å². The Balaban J connectivity index is 1.48. The number of amides is 1. The van der Waals surface area contributed by atoms with Crippen molar-refractivity contribution in [2.75, 3.05) is 37.7 Å². The van der Waals surface area contributed by atoms with Gasteiger partial charge in [-0.3, -0.25) is 4.79 Å². The van der Waals surface area contributed by atoms with Crippen LogP contribution in [0.3, 0.4) is 0 Å². The summed E-state index contributed by atoms with van der Waals surface area (Å²) >= 11 is 0. The molecule has 1 amide bonds. The lowest BCUT2D eigenvalue weighted by Gasteiger charge is -2.36. The van der Waals surface area contributed by atoms with Crippen molar-refractivity contribution in [1.82, 2.24) is 4.90 Å². The number of piperazine rings is 1. The van der Waals surface area contributed by atoms with Gasteiger partial charge in [-0.1, -0.05) is 44.2 Å². The molecule has 3 rings (SSSR count). The highest BCUT2D eigenvalue weighted by Crippen LogP contribution is 2.21. The van der Waals surface area contributed by atoms with Gasteiger partial charge in [-0.15, -0.1) is 0 Å². The third kappa shape index (κ3) is 4.53. The van der Waals surface area contributed by atoms with Crippen molar-refractivity contribution >= 4 is 11.6 Å². The number of nitrogens with zero attached hydrogens (tertiary/aromatic N) is 2. The second-order valence-corrected chi connectivity index (χ2v) is 6.72. The standard InChI is InChI=1S/C21H26N2O2/c1-17(2)18-8-10-19(11-9-18)22-12-14-23(15-13-22)21(24)16-25-20-6-4-3-5-7-20/h3-11,17H,12-16H2,1-2H3. The minimum atomic E-state index is 0.0543. The monoisotopic (exact) mass is 338 g/mol. The van der Waals surface area contributed by atoms with E-state index in [0.29, 0.717) is 5.92 Å². The minimum absolute atomic E-state index is 0.0543. The summed E-state index contributed by atoms with van der Waals surface area (Å²) in [7, 11) is 0. The first-order chi connectivity index (χ1) is 12.1. The summed E-state index contributed by atoms with van der Waals surface area (Å²) in [6, 6.07) is 18.2. The molecule has 25 heavy (non-hydrogen) atoms. The third-order valence-electron chi connectivity index (χ3n) is 4.66. The molecule has 0 spiro atoms. The van der Waals surface area contributed by atoms with Crippen LogP contribution < -0.4 is 9.64 Å². The highest BCUT2D eigenvalue weighted by atomic mass is 16.5. The normalized spacial score (nSPS) is 14.7. The van der Waals surface area contributed by atoms with Crippen LogP contribution in [0.15, 0.2) is 54.6 Å². The Morgan fingerprint density at radius 1 is 0.960 bits per heavy atom. The Hall–Kier alpha value is -2.49. The Kier molecular flexibility index (Phi) is 5.59. The number of hydrogen-bond donors (Lipinski definition) is 0. The number of hydrogen-bond acceptors (Lipinski definition) is 3. The van der Waals surface area contributed by atoms with Gasteiger partial charge in [0.05, 0.1) is 0 Å². The summed E-state index contributed by atoms with van der Waals surface area (Å²) in [6.45, 7) is 7.71. The van der Waals surface area contributed by atoms with Crippen LogP contribution in [-0.4, -0.2) is 43.6 Å². The van der Waals surface area contributed by atoms with Crippen LogP contribution in [0.25, 0.3) is 0 Å². The van der Waals surface area contributed by atoms with Crippen molar-refractivity contribution in [2.45, 2.75) is 19.8 Å². The summed E-state index contributed by atoms with van der Waals surface area (Å²) in [5, 5.41) is 0. The molecule has 0 aromatic heterocycles. The smallest absolute Gasteiger partial charge is 0.260 e. The lowest BCUT2D eigenvalue weighted by atomic mass is 10.0. The fourth-order valence-corrected chi connectivity index (χ4v) is 3.04. The molecule has 0 aliphatic carbocycles. The molecule has 0 unspecified atom stereocenters. The Morgan fingerprint density at radius 2 is 1.60 bits per heavy atom. The fourth-order valence-electron chi connectivity index (χ4n) is 3.04. The van der Waals surface area contributed by atoms with Crippen LogP contribution in [0.5, 0.6) is 5.75 Å². The minimum Gasteiger partial charge on any atom is -0.484 e. The number of carbonyl (C=O) groups is 1. The Morgan fingerprint density at radius 3 is 2.20 bits per heavy atom. The third-order valence-corrected chi connectivity index (χ3v) is 4.66. The van der Waals surface area contributed by atoms with E-state index in [0.717, 1.165) is 31.9 Å². The van der Waals surface area contributed by atoms with Crippen molar-refractivity contribution in [3.05, 3.63) is 60.2 Å². The molecule has 132 valence electrons. The molecule has 1 saturated heterocycles. The fraction of sp³-hybridized carbons (Fsp3) is 0.381. The quantitative estimate of drug-likeness (QED) is 0.836. The van der Waals surface area contributed by atoms with Gasteiger partial charge in [0.15, 0.2) is 6.61 Å². The van der Waals surface area contributed by atoms with Crippen molar-refractivity contribution in [2.24, 2.45) is 0 Å². The van der Waals surface area contributed by atoms with Crippen LogP contribution >= 0.6 is 0 Å². The molecule has 1 aliphatic rings. The highest BCUT2D eigenvalue weighted by molar-refractivity contribution is 5.78. The van der Waals surface area contributed by atoms with Gasteiger partial charge in [0, 0.05) is 31.9 Å². The van der Waals surface area contributed by atoms with E-state index in [-0.39, 0.29) is 12.5 Å². The number of benzene rings is 2. The molecule has 0 radical (unpaired) electrons. The summed E-state index contributed by atoms with van der Waals surface area (Å²) in [6.07, 6.45) is 0. The van der Waals surface area contributed by atoms with E-state index in [9.17, 15) is 4.79 Å². The second-order valence-electron chi connectivity index (χ2n) is 6.72. The molecule has 1 heterocycles. The average molecular weight is 338 g/mol. The summed E-state index contributed by atoms with van der Waals surface area (Å²) in [5.74, 6) is 1.34. The lowest BCUT2D eigenvalue weighted by molar-refractivity contribution is -0.133. The number of para-hydroxylation sites is 1. The lowest BCUT2D eigenvalue weighted by Crippen LogP contribution is -2.50. The first-order valence-corrected chi connectivity index (χ1v) is 8.94. The van der Waals surface area contributed by atoms with Crippen molar-refractivity contribution in [3.63, 3.8) is 0 Å². The molecule has 0 N–H and O–H groups in total. The largest absolute Gasteiger partial charge is 0.484 e. The maximum Gasteiger partial charge on any atom is 0.260 e. The summed E-state index contributed by atoms with van der Waals surface area (Å²) in [5.41, 5.74) is 2.59. The Labute approximate surface area is 150 Å². The van der Waals surface area contributed by atoms with Crippen molar-refractivity contribution in [3.8, 4) is 5.75 Å². The first-order valence-electron chi connectivity index (χ1n) is 8.94. The molecular formula is C21H26N2O2. The van der Waals surface area contributed by atoms with Crippen LogP contribution in [0.1, 0.15) is 25.3 Å². The van der Waals surface area contributed by atoms with E-state index >= 15 is 0 Å². The number of rotatable bonds is 5. The molecule has 1 aliphatic heterocycles. The van der Waals surface area contributed by atoms with Crippen LogP contribution in [0.2, 0.25) is 0 Å². The van der Waals surface area contributed by atoms with Gasteiger partial charge < -0.3 is 14.5 Å². The maximum atomic E-state index is 12.3. The van der Waals surface area contributed by atoms with E-state index in [1.54, 1.807) is 0 Å². The molecule has 1 fully saturated rings. The maximum absolute atomic E-state index is 12.3. The Bertz CT molecular complexity index is 675. The van der Waals surface area contributed by atoms with Gasteiger partial charge in [-0.2, -0.15) is 0 Å². The molecule has 4 nitrogen and oxygen atoms in total. The predicted molar refractivity (Wildman–Crippen MR) is 101 cm³/mol. The summed E-state index contributed by atoms with van der Waals surface area (Å²) < 4.78 is 5.56. The van der Waals surface area contributed by atoms with Gasteiger partial charge in [0.2, 0.25) is 0 Å². The zero-order valence-electron chi connectivity index (χ0n) is 15.0. The topological polar surface area (TPSA) is 32.8 Å². The van der Waals surface area contributed by atoms with Crippen LogP contribution in [0.4, 0.5) is 5.69 Å². The second kappa shape index (κ2) is 8.06. The van der Waals surface area contributed by atoms with Gasteiger partial charge in [-0.25, -0.2) is 0 Å². The highest BCUT2D eigenvalue weighted by Gasteiger charge is 2.21. The zero-order chi connectivity index (χ0) is 17.6. The number of anilines is 1. The van der Waals surface area contributed by atoms with Gasteiger partial charge in [0.25, 0.3) is 5.91 Å². The van der Waals surface area contributed by atoms with Gasteiger partial charge >= 0.3 is 0 Å². The molecule has 0 saturated carbocycles. The average Bonchev–Trinajstić information content (AvgIpc) is 2.67. The first kappa shape index (κ1) is 17.3. The van der Waals surface area contributed by atoms with Crippen molar-refractivity contribution < 1.29 is 9.53 Å². The predicted octanol–water partition coefficient (Wildman–Crippen LogP) is 3.54. The zero-order valence-corrected chi connectivity index (χ0v) is 15.0. The molecule has 2 aromatic carbocycles. The van der Waals surface area contributed by atoms with Gasteiger partial charge in [-0.05, 0) is 35.7 Å². The van der Waals surface area contributed by atoms with Crippen molar-refractivity contribution in [1.29, 1.82) is 0 Å². The SMILES string of the molecule is CC(C)c1ccc(N2CCN(C(=O)COc3ccccc3)CC2)cc1. The molecule has 0 atom stereocenters. The number of ether oxygens (including phenoxy) is 1. The van der Waals surface area contributed by atoms with E-state index in [1.165, 1.54) is 11.3 Å². The van der Waals surface area contributed by atoms with E-state index in [2.05, 4.69) is 43.0 Å². The molecule has 0 bridgehead atoms. The molecular weight excluding hydrogens is 312 g/mol. The van der Waals surface area contributed by atoms with E-state index in [1.807, 2.05) is 35.2 Å². The molecule has 2 aromatic rings. The van der Waals surface area contributed by atoms with E-state index < -0.39 is 0 Å². The molecule has 4 heteroatoms. The number of carbonyl (C=O) groups excluding carboxylic acids is 1. The van der Waals surface area contributed by atoms with Crippen LogP contribution in [0, 0.1) is 0 Å².